The molecule has 1 aliphatic heterocycles. The fourth-order valence-corrected chi connectivity index (χ4v) is 4.91. The van der Waals surface area contributed by atoms with E-state index in [2.05, 4.69) is 0 Å². The molecule has 3 aliphatic rings. The van der Waals surface area contributed by atoms with E-state index in [9.17, 15) is 19.2 Å². The van der Waals surface area contributed by atoms with Crippen LogP contribution in [0.2, 0.25) is 0 Å². The second kappa shape index (κ2) is 6.54. The Labute approximate surface area is 164 Å². The molecule has 1 saturated heterocycles. The molecule has 1 heterocycles. The Bertz CT molecular complexity index is 840. The Hall–Kier alpha value is -2.50. The van der Waals surface area contributed by atoms with Crippen molar-refractivity contribution in [2.24, 2.45) is 29.1 Å². The molecule has 2 bridgehead atoms. The molecule has 4 atom stereocenters. The molecule has 0 aromatic heterocycles. The van der Waals surface area contributed by atoms with Crippen molar-refractivity contribution in [1.82, 2.24) is 0 Å². The highest BCUT2D eigenvalue weighted by Gasteiger charge is 2.61. The first-order valence-corrected chi connectivity index (χ1v) is 9.87. The summed E-state index contributed by atoms with van der Waals surface area (Å²) in [5.74, 6) is -1.25. The summed E-state index contributed by atoms with van der Waals surface area (Å²) in [4.78, 5) is 52.0. The van der Waals surface area contributed by atoms with E-state index in [-0.39, 0.29) is 59.1 Å². The van der Waals surface area contributed by atoms with Crippen molar-refractivity contribution in [2.75, 3.05) is 11.5 Å². The number of carbonyl (C=O) groups is 4. The maximum Gasteiger partial charge on any atom is 0.340 e. The number of Topliss-reactive ketones (excluding diaryl/α,β-unsaturated/α-hetero) is 1. The van der Waals surface area contributed by atoms with Gasteiger partial charge in [-0.15, -0.1) is 0 Å². The number of anilines is 1. The van der Waals surface area contributed by atoms with E-state index in [0.29, 0.717) is 0 Å². The number of imide groups is 1. The largest absolute Gasteiger partial charge is 0.454 e. The Morgan fingerprint density at radius 3 is 2.18 bits per heavy atom. The topological polar surface area (TPSA) is 80.8 Å². The Morgan fingerprint density at radius 1 is 1.04 bits per heavy atom. The quantitative estimate of drug-likeness (QED) is 0.590. The minimum absolute atomic E-state index is 0.137. The SMILES string of the molecule is CC(C)(C)C(=O)COC(=O)c1ccccc1N1C(=O)[C@@H]2[C@H]3CC[C@@H](C3)[C@@H]2C1=O. The van der Waals surface area contributed by atoms with Crippen molar-refractivity contribution in [3.8, 4) is 0 Å². The molecule has 0 radical (unpaired) electrons. The van der Waals surface area contributed by atoms with E-state index in [0.717, 1.165) is 19.3 Å². The lowest BCUT2D eigenvalue weighted by Gasteiger charge is -2.20. The van der Waals surface area contributed by atoms with E-state index < -0.39 is 11.4 Å². The molecule has 1 aromatic carbocycles. The zero-order valence-corrected chi connectivity index (χ0v) is 16.4. The van der Waals surface area contributed by atoms with Crippen LogP contribution in [0.25, 0.3) is 0 Å². The van der Waals surface area contributed by atoms with Crippen LogP contribution < -0.4 is 4.90 Å². The maximum absolute atomic E-state index is 13.1. The number of ketones is 1. The summed E-state index contributed by atoms with van der Waals surface area (Å²) in [6.07, 6.45) is 2.95. The van der Waals surface area contributed by atoms with E-state index in [1.807, 2.05) is 0 Å². The highest BCUT2D eigenvalue weighted by Crippen LogP contribution is 2.56. The number of hydrogen-bond acceptors (Lipinski definition) is 5. The Kier molecular flexibility index (Phi) is 4.40. The van der Waals surface area contributed by atoms with Crippen LogP contribution in [0.15, 0.2) is 24.3 Å². The van der Waals surface area contributed by atoms with Gasteiger partial charge in [-0.2, -0.15) is 0 Å². The van der Waals surface area contributed by atoms with Gasteiger partial charge < -0.3 is 4.74 Å². The van der Waals surface area contributed by atoms with Crippen molar-refractivity contribution < 1.29 is 23.9 Å². The van der Waals surface area contributed by atoms with Crippen molar-refractivity contribution in [3.05, 3.63) is 29.8 Å². The fraction of sp³-hybridized carbons (Fsp3) is 0.545. The van der Waals surface area contributed by atoms with Crippen LogP contribution in [0.3, 0.4) is 0 Å². The average molecular weight is 383 g/mol. The van der Waals surface area contributed by atoms with E-state index in [1.54, 1.807) is 39.0 Å². The Morgan fingerprint density at radius 2 is 1.61 bits per heavy atom. The molecule has 0 N–H and O–H groups in total. The summed E-state index contributed by atoms with van der Waals surface area (Å²) in [5.41, 5.74) is -0.213. The van der Waals surface area contributed by atoms with Crippen molar-refractivity contribution in [2.45, 2.75) is 40.0 Å². The molecule has 0 spiro atoms. The summed E-state index contributed by atoms with van der Waals surface area (Å²) in [7, 11) is 0. The van der Waals surface area contributed by atoms with Crippen LogP contribution in [0.4, 0.5) is 5.69 Å². The zero-order chi connectivity index (χ0) is 20.2. The van der Waals surface area contributed by atoms with Crippen LogP contribution in [0.5, 0.6) is 0 Å². The number of benzene rings is 1. The van der Waals surface area contributed by atoms with Gasteiger partial charge in [0, 0.05) is 5.41 Å². The summed E-state index contributed by atoms with van der Waals surface area (Å²) in [6.45, 7) is 4.93. The molecular formula is C22H25NO5. The van der Waals surface area contributed by atoms with E-state index in [4.69, 9.17) is 4.74 Å². The van der Waals surface area contributed by atoms with Gasteiger partial charge in [0.2, 0.25) is 11.8 Å². The number of carbonyl (C=O) groups excluding carboxylic acids is 4. The number of fused-ring (bicyclic) bond motifs is 5. The van der Waals surface area contributed by atoms with Gasteiger partial charge in [-0.25, -0.2) is 9.69 Å². The van der Waals surface area contributed by atoms with E-state index >= 15 is 0 Å². The molecule has 1 aromatic rings. The molecule has 2 saturated carbocycles. The van der Waals surface area contributed by atoms with Gasteiger partial charge in [0.25, 0.3) is 0 Å². The predicted octanol–water partition coefficient (Wildman–Crippen LogP) is 2.99. The number of esters is 1. The number of rotatable bonds is 4. The molecule has 28 heavy (non-hydrogen) atoms. The van der Waals surface area contributed by atoms with Crippen molar-refractivity contribution in [1.29, 1.82) is 0 Å². The molecule has 148 valence electrons. The predicted molar refractivity (Wildman–Crippen MR) is 101 cm³/mol. The lowest BCUT2D eigenvalue weighted by molar-refractivity contribution is -0.129. The summed E-state index contributed by atoms with van der Waals surface area (Å²) < 4.78 is 5.20. The monoisotopic (exact) mass is 383 g/mol. The number of nitrogens with zero attached hydrogens (tertiary/aromatic N) is 1. The average Bonchev–Trinajstić information content (AvgIpc) is 3.32. The third-order valence-electron chi connectivity index (χ3n) is 6.46. The van der Waals surface area contributed by atoms with Gasteiger partial charge in [0.05, 0.1) is 23.1 Å². The fourth-order valence-electron chi connectivity index (χ4n) is 4.91. The first kappa shape index (κ1) is 18.8. The summed E-state index contributed by atoms with van der Waals surface area (Å²) >= 11 is 0. The van der Waals surface area contributed by atoms with Gasteiger partial charge in [-0.3, -0.25) is 14.4 Å². The first-order valence-electron chi connectivity index (χ1n) is 9.87. The second-order valence-electron chi connectivity index (χ2n) is 9.16. The van der Waals surface area contributed by atoms with Crippen LogP contribution in [0, 0.1) is 29.1 Å². The lowest BCUT2D eigenvalue weighted by Crippen LogP contribution is -2.34. The molecule has 6 heteroatoms. The van der Waals surface area contributed by atoms with Crippen LogP contribution >= 0.6 is 0 Å². The third kappa shape index (κ3) is 2.86. The number of hydrogen-bond donors (Lipinski definition) is 0. The minimum atomic E-state index is -0.700. The smallest absolute Gasteiger partial charge is 0.340 e. The molecular weight excluding hydrogens is 358 g/mol. The first-order chi connectivity index (χ1) is 13.2. The highest BCUT2D eigenvalue weighted by atomic mass is 16.5. The summed E-state index contributed by atoms with van der Waals surface area (Å²) in [5, 5.41) is 0. The normalized spacial score (nSPS) is 28.6. The molecule has 4 rings (SSSR count). The Balaban J connectivity index is 1.58. The van der Waals surface area contributed by atoms with E-state index in [1.165, 1.54) is 11.0 Å². The summed E-state index contributed by atoms with van der Waals surface area (Å²) in [6, 6.07) is 6.47. The number of ether oxygens (including phenoxy) is 1. The van der Waals surface area contributed by atoms with Gasteiger partial charge >= 0.3 is 5.97 Å². The third-order valence-corrected chi connectivity index (χ3v) is 6.46. The van der Waals surface area contributed by atoms with Gasteiger partial charge in [0.1, 0.15) is 0 Å². The van der Waals surface area contributed by atoms with Crippen LogP contribution in [-0.2, 0) is 19.1 Å². The lowest BCUT2D eigenvalue weighted by atomic mass is 9.81. The zero-order valence-electron chi connectivity index (χ0n) is 16.4. The minimum Gasteiger partial charge on any atom is -0.454 e. The standard InChI is InChI=1S/C22H25NO5/c1-22(2,3)16(24)11-28-21(27)14-6-4-5-7-15(14)23-19(25)17-12-8-9-13(10-12)18(17)20(23)26/h4-7,12-13,17-18H,8-11H2,1-3H3/t12-,13-,17-,18+/m0/s1. The molecule has 2 amide bonds. The van der Waals surface area contributed by atoms with Crippen LogP contribution in [0.1, 0.15) is 50.4 Å². The van der Waals surface area contributed by atoms with Crippen LogP contribution in [-0.4, -0.2) is 30.2 Å². The highest BCUT2D eigenvalue weighted by molar-refractivity contribution is 6.24. The maximum atomic E-state index is 13.1. The molecule has 6 nitrogen and oxygen atoms in total. The number of amides is 2. The molecule has 2 aliphatic carbocycles. The molecule has 0 unspecified atom stereocenters. The second-order valence-corrected chi connectivity index (χ2v) is 9.16. The number of para-hydroxylation sites is 1. The van der Waals surface area contributed by atoms with Gasteiger partial charge in [-0.05, 0) is 43.2 Å². The van der Waals surface area contributed by atoms with Crippen molar-refractivity contribution in [3.63, 3.8) is 0 Å². The molecule has 3 fully saturated rings. The van der Waals surface area contributed by atoms with Crippen molar-refractivity contribution >= 4 is 29.3 Å². The van der Waals surface area contributed by atoms with Gasteiger partial charge in [-0.1, -0.05) is 32.9 Å². The van der Waals surface area contributed by atoms with Gasteiger partial charge in [0.15, 0.2) is 12.4 Å².